The molecule has 2 saturated heterocycles. The molecule has 5 heteroatoms. The van der Waals surface area contributed by atoms with Crippen LogP contribution in [0, 0.1) is 0 Å². The quantitative estimate of drug-likeness (QED) is 0.567. The largest absolute Gasteiger partial charge is 0.381 e. The molecular formula is C16H32N2O3. The van der Waals surface area contributed by atoms with Crippen LogP contribution in [0.25, 0.3) is 0 Å². The summed E-state index contributed by atoms with van der Waals surface area (Å²) in [6.07, 6.45) is 4.85. The highest BCUT2D eigenvalue weighted by atomic mass is 16.5. The summed E-state index contributed by atoms with van der Waals surface area (Å²) in [6.45, 7) is 12.2. The lowest BCUT2D eigenvalue weighted by molar-refractivity contribution is 0.0340. The van der Waals surface area contributed by atoms with Crippen molar-refractivity contribution in [1.82, 2.24) is 9.80 Å². The van der Waals surface area contributed by atoms with Gasteiger partial charge in [-0.05, 0) is 38.8 Å². The van der Waals surface area contributed by atoms with Crippen molar-refractivity contribution in [1.29, 1.82) is 0 Å². The fourth-order valence-electron chi connectivity index (χ4n) is 2.83. The molecule has 0 aromatic rings. The average Bonchev–Trinajstić information content (AvgIpc) is 2.55. The van der Waals surface area contributed by atoms with Crippen LogP contribution in [0.4, 0.5) is 0 Å². The van der Waals surface area contributed by atoms with E-state index in [-0.39, 0.29) is 0 Å². The Hall–Kier alpha value is -0.200. The van der Waals surface area contributed by atoms with E-state index in [9.17, 15) is 0 Å². The predicted molar refractivity (Wildman–Crippen MR) is 83.8 cm³/mol. The number of hydrogen-bond donors (Lipinski definition) is 0. The van der Waals surface area contributed by atoms with Crippen LogP contribution in [0.15, 0.2) is 0 Å². The molecule has 2 aliphatic heterocycles. The van der Waals surface area contributed by atoms with E-state index in [0.717, 1.165) is 65.8 Å². The second-order valence-electron chi connectivity index (χ2n) is 5.93. The minimum atomic E-state index is 0.902. The van der Waals surface area contributed by atoms with E-state index in [0.29, 0.717) is 0 Å². The first kappa shape index (κ1) is 17.2. The van der Waals surface area contributed by atoms with E-state index in [1.54, 1.807) is 0 Å². The van der Waals surface area contributed by atoms with Gasteiger partial charge < -0.3 is 14.2 Å². The average molecular weight is 300 g/mol. The first-order valence-electron chi connectivity index (χ1n) is 8.63. The lowest BCUT2D eigenvalue weighted by atomic mass is 10.2. The van der Waals surface area contributed by atoms with Crippen LogP contribution in [0.2, 0.25) is 0 Å². The van der Waals surface area contributed by atoms with Crippen LogP contribution in [0.5, 0.6) is 0 Å². The molecule has 0 aromatic carbocycles. The van der Waals surface area contributed by atoms with E-state index >= 15 is 0 Å². The molecule has 21 heavy (non-hydrogen) atoms. The van der Waals surface area contributed by atoms with Gasteiger partial charge in [-0.25, -0.2) is 0 Å². The van der Waals surface area contributed by atoms with Gasteiger partial charge in [-0.2, -0.15) is 0 Å². The number of hydrogen-bond acceptors (Lipinski definition) is 5. The number of ether oxygens (including phenoxy) is 3. The summed E-state index contributed by atoms with van der Waals surface area (Å²) in [5, 5.41) is 0. The molecule has 2 aliphatic rings. The Bertz CT molecular complexity index is 218. The van der Waals surface area contributed by atoms with Crippen LogP contribution in [0.3, 0.4) is 0 Å². The van der Waals surface area contributed by atoms with Crippen LogP contribution in [0.1, 0.15) is 25.7 Å². The summed E-state index contributed by atoms with van der Waals surface area (Å²) in [6, 6.07) is 0. The normalized spacial score (nSPS) is 21.7. The molecule has 0 N–H and O–H groups in total. The first-order valence-corrected chi connectivity index (χ1v) is 8.63. The summed E-state index contributed by atoms with van der Waals surface area (Å²) in [4.78, 5) is 4.98. The van der Waals surface area contributed by atoms with Crippen molar-refractivity contribution in [3.8, 4) is 0 Å². The van der Waals surface area contributed by atoms with E-state index in [2.05, 4.69) is 9.80 Å². The SMILES string of the molecule is C(CCN1CCOCC1)COCCCCN1CCOCC1. The van der Waals surface area contributed by atoms with Gasteiger partial charge in [-0.15, -0.1) is 0 Å². The Morgan fingerprint density at radius 2 is 1.05 bits per heavy atom. The third-order valence-corrected chi connectivity index (χ3v) is 4.23. The molecule has 0 bridgehead atoms. The molecule has 2 heterocycles. The minimum Gasteiger partial charge on any atom is -0.381 e. The van der Waals surface area contributed by atoms with Crippen molar-refractivity contribution in [3.63, 3.8) is 0 Å². The molecule has 5 nitrogen and oxygen atoms in total. The molecular weight excluding hydrogens is 268 g/mol. The van der Waals surface area contributed by atoms with Gasteiger partial charge in [0.1, 0.15) is 0 Å². The van der Waals surface area contributed by atoms with Gasteiger partial charge >= 0.3 is 0 Å². The fourth-order valence-corrected chi connectivity index (χ4v) is 2.83. The zero-order valence-electron chi connectivity index (χ0n) is 13.4. The van der Waals surface area contributed by atoms with Crippen molar-refractivity contribution in [2.45, 2.75) is 25.7 Å². The highest BCUT2D eigenvalue weighted by Crippen LogP contribution is 2.02. The van der Waals surface area contributed by atoms with Crippen molar-refractivity contribution in [3.05, 3.63) is 0 Å². The summed E-state index contributed by atoms with van der Waals surface area (Å²) in [7, 11) is 0. The van der Waals surface area contributed by atoms with Crippen molar-refractivity contribution < 1.29 is 14.2 Å². The van der Waals surface area contributed by atoms with Crippen LogP contribution < -0.4 is 0 Å². The van der Waals surface area contributed by atoms with Gasteiger partial charge in [0, 0.05) is 39.4 Å². The Morgan fingerprint density at radius 3 is 1.48 bits per heavy atom. The van der Waals surface area contributed by atoms with Gasteiger partial charge in [0.25, 0.3) is 0 Å². The fraction of sp³-hybridized carbons (Fsp3) is 1.00. The maximum Gasteiger partial charge on any atom is 0.0594 e. The third kappa shape index (κ3) is 8.12. The monoisotopic (exact) mass is 300 g/mol. The van der Waals surface area contributed by atoms with Gasteiger partial charge in [0.05, 0.1) is 26.4 Å². The van der Waals surface area contributed by atoms with E-state index in [1.807, 2.05) is 0 Å². The smallest absolute Gasteiger partial charge is 0.0594 e. The number of unbranched alkanes of at least 4 members (excludes halogenated alkanes) is 2. The van der Waals surface area contributed by atoms with E-state index in [1.165, 1.54) is 38.8 Å². The van der Waals surface area contributed by atoms with E-state index < -0.39 is 0 Å². The Morgan fingerprint density at radius 1 is 0.619 bits per heavy atom. The van der Waals surface area contributed by atoms with Crippen LogP contribution in [-0.4, -0.2) is 88.7 Å². The van der Waals surface area contributed by atoms with Crippen molar-refractivity contribution in [2.75, 3.05) is 78.9 Å². The predicted octanol–water partition coefficient (Wildman–Crippen LogP) is 1.23. The lowest BCUT2D eigenvalue weighted by Gasteiger charge is -2.26. The van der Waals surface area contributed by atoms with Crippen LogP contribution >= 0.6 is 0 Å². The summed E-state index contributed by atoms with van der Waals surface area (Å²) in [5.41, 5.74) is 0. The molecule has 2 rings (SSSR count). The first-order chi connectivity index (χ1) is 10.4. The molecule has 0 amide bonds. The second-order valence-corrected chi connectivity index (χ2v) is 5.93. The third-order valence-electron chi connectivity index (χ3n) is 4.23. The molecule has 0 atom stereocenters. The van der Waals surface area contributed by atoms with Crippen molar-refractivity contribution in [2.24, 2.45) is 0 Å². The molecule has 0 unspecified atom stereocenters. The van der Waals surface area contributed by atoms with Gasteiger partial charge in [0.15, 0.2) is 0 Å². The minimum absolute atomic E-state index is 0.902. The maximum atomic E-state index is 5.73. The number of morpholine rings is 2. The topological polar surface area (TPSA) is 34.2 Å². The van der Waals surface area contributed by atoms with Gasteiger partial charge in [0.2, 0.25) is 0 Å². The highest BCUT2D eigenvalue weighted by molar-refractivity contribution is 4.62. The summed E-state index contributed by atoms with van der Waals surface area (Å²) < 4.78 is 16.4. The Labute approximate surface area is 129 Å². The number of nitrogens with zero attached hydrogens (tertiary/aromatic N) is 2. The van der Waals surface area contributed by atoms with Gasteiger partial charge in [-0.3, -0.25) is 9.80 Å². The van der Waals surface area contributed by atoms with Crippen LogP contribution in [-0.2, 0) is 14.2 Å². The zero-order chi connectivity index (χ0) is 14.6. The van der Waals surface area contributed by atoms with E-state index in [4.69, 9.17) is 14.2 Å². The summed E-state index contributed by atoms with van der Waals surface area (Å²) in [5.74, 6) is 0. The molecule has 0 radical (unpaired) electrons. The van der Waals surface area contributed by atoms with Crippen molar-refractivity contribution >= 4 is 0 Å². The number of rotatable bonds is 10. The lowest BCUT2D eigenvalue weighted by Crippen LogP contribution is -2.37. The summed E-state index contributed by atoms with van der Waals surface area (Å²) >= 11 is 0. The Kier molecular flexibility index (Phi) is 9.30. The standard InChI is InChI=1S/C16H32N2O3/c1(5-17-7-13-20-14-8-17)3-11-19-12-4-2-6-18-9-15-21-16-10-18/h1-16H2. The van der Waals surface area contributed by atoms with Gasteiger partial charge in [-0.1, -0.05) is 0 Å². The molecule has 0 aliphatic carbocycles. The zero-order valence-corrected chi connectivity index (χ0v) is 13.4. The molecule has 2 fully saturated rings. The highest BCUT2D eigenvalue weighted by Gasteiger charge is 2.10. The Balaban J connectivity index is 1.30. The molecule has 0 spiro atoms. The molecule has 0 saturated carbocycles. The molecule has 0 aromatic heterocycles. The second kappa shape index (κ2) is 11.4. The maximum absolute atomic E-state index is 5.73. The molecule has 124 valence electrons.